The third-order valence-electron chi connectivity index (χ3n) is 2.26. The average Bonchev–Trinajstić information content (AvgIpc) is 2.73. The molecule has 1 atom stereocenters. The number of hydrogen-bond donors (Lipinski definition) is 1. The van der Waals surface area contributed by atoms with Crippen molar-refractivity contribution in [2.24, 2.45) is 0 Å². The van der Waals surface area contributed by atoms with Crippen LogP contribution in [-0.2, 0) is 14.9 Å². The number of nitrogens with one attached hydrogen (secondary N) is 1. The molecule has 1 unspecified atom stereocenters. The van der Waals surface area contributed by atoms with Crippen molar-refractivity contribution in [3.8, 4) is 0 Å². The van der Waals surface area contributed by atoms with Gasteiger partial charge in [-0.2, -0.15) is 0 Å². The molecule has 0 saturated carbocycles. The number of thioether (sulfide) groups is 1. The van der Waals surface area contributed by atoms with Crippen molar-refractivity contribution in [3.05, 3.63) is 5.82 Å². The third kappa shape index (κ3) is 3.73. The van der Waals surface area contributed by atoms with Gasteiger partial charge in [-0.15, -0.1) is 5.10 Å². The number of methoxy groups -OCH3 is 1. The van der Waals surface area contributed by atoms with Crippen LogP contribution < -0.4 is 0 Å². The minimum absolute atomic E-state index is 0.0706. The maximum atomic E-state index is 11.4. The minimum Gasteiger partial charge on any atom is -0.468 e. The summed E-state index contributed by atoms with van der Waals surface area (Å²) < 4.78 is 4.72. The van der Waals surface area contributed by atoms with E-state index in [1.165, 1.54) is 18.9 Å². The van der Waals surface area contributed by atoms with E-state index in [2.05, 4.69) is 36.0 Å². The molecule has 1 aromatic rings. The number of carbonyl (C=O) groups excluding carboxylic acids is 1. The Labute approximate surface area is 106 Å². The molecular weight excluding hydrogens is 238 g/mol. The van der Waals surface area contributed by atoms with Crippen LogP contribution in [0.3, 0.4) is 0 Å². The maximum Gasteiger partial charge on any atom is 0.319 e. The molecule has 1 rings (SSSR count). The number of esters is 1. The fourth-order valence-corrected chi connectivity index (χ4v) is 2.05. The molecule has 0 aliphatic carbocycles. The number of aromatic amines is 1. The van der Waals surface area contributed by atoms with Crippen LogP contribution >= 0.6 is 11.8 Å². The molecule has 0 spiro atoms. The van der Waals surface area contributed by atoms with Crippen LogP contribution in [0.2, 0.25) is 0 Å². The van der Waals surface area contributed by atoms with Crippen LogP contribution in [0.5, 0.6) is 0 Å². The molecule has 1 heterocycles. The second-order valence-corrected chi connectivity index (χ2v) is 5.92. The van der Waals surface area contributed by atoms with E-state index < -0.39 is 0 Å². The normalized spacial score (nSPS) is 13.5. The second-order valence-electron chi connectivity index (χ2n) is 4.75. The van der Waals surface area contributed by atoms with Crippen LogP contribution in [0.15, 0.2) is 5.16 Å². The van der Waals surface area contributed by atoms with Gasteiger partial charge < -0.3 is 4.74 Å². The van der Waals surface area contributed by atoms with Crippen LogP contribution in [-0.4, -0.2) is 33.5 Å². The number of H-pyrrole nitrogens is 1. The molecular formula is C11H19N3O2S. The van der Waals surface area contributed by atoms with Crippen molar-refractivity contribution in [2.75, 3.05) is 7.11 Å². The Hall–Kier alpha value is -1.04. The first-order valence-corrected chi connectivity index (χ1v) is 6.43. The van der Waals surface area contributed by atoms with Crippen molar-refractivity contribution in [1.29, 1.82) is 0 Å². The first kappa shape index (κ1) is 14.0. The Balaban J connectivity index is 2.75. The zero-order chi connectivity index (χ0) is 13.1. The van der Waals surface area contributed by atoms with Gasteiger partial charge in [-0.3, -0.25) is 9.89 Å². The Kier molecular flexibility index (Phi) is 4.56. The lowest BCUT2D eigenvalue weighted by Crippen LogP contribution is -2.18. The minimum atomic E-state index is -0.247. The Morgan fingerprint density at radius 3 is 2.59 bits per heavy atom. The topological polar surface area (TPSA) is 67.9 Å². The SMILES string of the molecule is CCC(Sc1n[nH]c(C(C)(C)C)n1)C(=O)OC. The summed E-state index contributed by atoms with van der Waals surface area (Å²) in [6.45, 7) is 8.10. The van der Waals surface area contributed by atoms with Crippen LogP contribution in [0.25, 0.3) is 0 Å². The van der Waals surface area contributed by atoms with Gasteiger partial charge in [0.25, 0.3) is 0 Å². The van der Waals surface area contributed by atoms with Crippen LogP contribution in [0.1, 0.15) is 39.9 Å². The van der Waals surface area contributed by atoms with Gasteiger partial charge in [-0.1, -0.05) is 39.5 Å². The van der Waals surface area contributed by atoms with Crippen molar-refractivity contribution < 1.29 is 9.53 Å². The third-order valence-corrected chi connectivity index (χ3v) is 3.46. The van der Waals surface area contributed by atoms with Gasteiger partial charge in [0.05, 0.1) is 7.11 Å². The smallest absolute Gasteiger partial charge is 0.319 e. The highest BCUT2D eigenvalue weighted by Gasteiger charge is 2.23. The zero-order valence-electron chi connectivity index (χ0n) is 10.9. The highest BCUT2D eigenvalue weighted by Crippen LogP contribution is 2.25. The summed E-state index contributed by atoms with van der Waals surface area (Å²) in [5.41, 5.74) is -0.0706. The van der Waals surface area contributed by atoms with E-state index in [0.717, 1.165) is 5.82 Å². The predicted molar refractivity (Wildman–Crippen MR) is 67.0 cm³/mol. The van der Waals surface area contributed by atoms with Gasteiger partial charge in [0.1, 0.15) is 11.1 Å². The molecule has 0 amide bonds. The summed E-state index contributed by atoms with van der Waals surface area (Å²) in [4.78, 5) is 15.8. The Morgan fingerprint density at radius 2 is 2.18 bits per heavy atom. The molecule has 0 aromatic carbocycles. The Morgan fingerprint density at radius 1 is 1.53 bits per heavy atom. The number of ether oxygens (including phenoxy) is 1. The molecule has 0 aliphatic heterocycles. The first-order chi connectivity index (χ1) is 7.88. The van der Waals surface area contributed by atoms with E-state index in [0.29, 0.717) is 11.6 Å². The standard InChI is InChI=1S/C11H19N3O2S/c1-6-7(8(15)16-5)17-10-12-9(13-14-10)11(2,3)4/h7H,6H2,1-5H3,(H,12,13,14). The molecule has 96 valence electrons. The lowest BCUT2D eigenvalue weighted by Gasteiger charge is -2.13. The van der Waals surface area contributed by atoms with Crippen LogP contribution in [0.4, 0.5) is 0 Å². The maximum absolute atomic E-state index is 11.4. The van der Waals surface area contributed by atoms with E-state index in [-0.39, 0.29) is 16.6 Å². The van der Waals surface area contributed by atoms with Gasteiger partial charge >= 0.3 is 5.97 Å². The summed E-state index contributed by atoms with van der Waals surface area (Å²) in [6.07, 6.45) is 0.691. The molecule has 17 heavy (non-hydrogen) atoms. The molecule has 0 bridgehead atoms. The molecule has 0 saturated heterocycles. The van der Waals surface area contributed by atoms with Crippen LogP contribution in [0, 0.1) is 0 Å². The van der Waals surface area contributed by atoms with Crippen molar-refractivity contribution in [2.45, 2.75) is 49.9 Å². The van der Waals surface area contributed by atoms with E-state index >= 15 is 0 Å². The summed E-state index contributed by atoms with van der Waals surface area (Å²) >= 11 is 1.33. The van der Waals surface area contributed by atoms with Gasteiger partial charge in [0.15, 0.2) is 0 Å². The van der Waals surface area contributed by atoms with E-state index in [9.17, 15) is 4.79 Å². The number of aromatic nitrogens is 3. The molecule has 6 heteroatoms. The summed E-state index contributed by atoms with van der Waals surface area (Å²) in [5.74, 6) is 0.583. The molecule has 1 N–H and O–H groups in total. The monoisotopic (exact) mass is 257 g/mol. The fraction of sp³-hybridized carbons (Fsp3) is 0.727. The predicted octanol–water partition coefficient (Wildman–Crippen LogP) is 2.15. The molecule has 5 nitrogen and oxygen atoms in total. The number of carbonyl (C=O) groups is 1. The number of hydrogen-bond acceptors (Lipinski definition) is 5. The highest BCUT2D eigenvalue weighted by atomic mass is 32.2. The first-order valence-electron chi connectivity index (χ1n) is 5.55. The van der Waals surface area contributed by atoms with Gasteiger partial charge in [-0.25, -0.2) is 4.98 Å². The average molecular weight is 257 g/mol. The summed E-state index contributed by atoms with van der Waals surface area (Å²) in [5, 5.41) is 7.35. The van der Waals surface area contributed by atoms with E-state index in [1.54, 1.807) is 0 Å². The molecule has 1 aromatic heterocycles. The zero-order valence-corrected chi connectivity index (χ0v) is 11.7. The fourth-order valence-electron chi connectivity index (χ4n) is 1.19. The van der Waals surface area contributed by atoms with Gasteiger partial charge in [0, 0.05) is 5.41 Å². The highest BCUT2D eigenvalue weighted by molar-refractivity contribution is 8.00. The van der Waals surface area contributed by atoms with Gasteiger partial charge in [0.2, 0.25) is 5.16 Å². The van der Waals surface area contributed by atoms with E-state index in [1.807, 2.05) is 6.92 Å². The summed E-state index contributed by atoms with van der Waals surface area (Å²) in [7, 11) is 1.39. The lowest BCUT2D eigenvalue weighted by atomic mass is 9.96. The van der Waals surface area contributed by atoms with Gasteiger partial charge in [-0.05, 0) is 6.42 Å². The number of rotatable bonds is 4. The quantitative estimate of drug-likeness (QED) is 0.661. The van der Waals surface area contributed by atoms with Crippen molar-refractivity contribution in [1.82, 2.24) is 15.2 Å². The number of nitrogens with zero attached hydrogens (tertiary/aromatic N) is 2. The molecule has 0 radical (unpaired) electrons. The van der Waals surface area contributed by atoms with Crippen molar-refractivity contribution >= 4 is 17.7 Å². The second kappa shape index (κ2) is 5.53. The largest absolute Gasteiger partial charge is 0.468 e. The lowest BCUT2D eigenvalue weighted by molar-refractivity contribution is -0.140. The molecule has 0 aliphatic rings. The van der Waals surface area contributed by atoms with E-state index in [4.69, 9.17) is 4.74 Å². The molecule has 0 fully saturated rings. The Bertz CT molecular complexity index is 384. The summed E-state index contributed by atoms with van der Waals surface area (Å²) in [6, 6.07) is 0. The van der Waals surface area contributed by atoms with Crippen molar-refractivity contribution in [3.63, 3.8) is 0 Å².